The van der Waals surface area contributed by atoms with Crippen molar-refractivity contribution in [1.29, 1.82) is 0 Å². The Hall–Kier alpha value is -2.46. The van der Waals surface area contributed by atoms with Gasteiger partial charge in [-0.15, -0.1) is 0 Å². The number of benzene rings is 3. The molecule has 0 fully saturated rings. The average Bonchev–Trinajstić information content (AvgIpc) is 2.69. The minimum atomic E-state index is 0.996. The Kier molecular flexibility index (Phi) is 4.61. The average molecular weight is 433 g/mol. The molecular formula is C23H16IN. The zero-order valence-electron chi connectivity index (χ0n) is 13.6. The Balaban J connectivity index is 1.90. The van der Waals surface area contributed by atoms with Gasteiger partial charge in [-0.3, -0.25) is 0 Å². The van der Waals surface area contributed by atoms with Crippen molar-refractivity contribution in [3.63, 3.8) is 0 Å². The number of hydrogen-bond donors (Lipinski definition) is 0. The summed E-state index contributed by atoms with van der Waals surface area (Å²) in [5, 5.41) is 0. The van der Waals surface area contributed by atoms with Gasteiger partial charge in [0.05, 0.1) is 11.4 Å². The summed E-state index contributed by atoms with van der Waals surface area (Å²) in [4.78, 5) is 4.93. The monoisotopic (exact) mass is 433 g/mol. The molecule has 1 aromatic heterocycles. The van der Waals surface area contributed by atoms with E-state index < -0.39 is 0 Å². The van der Waals surface area contributed by atoms with Gasteiger partial charge in [-0.1, -0.05) is 72.8 Å². The molecule has 0 bridgehead atoms. The summed E-state index contributed by atoms with van der Waals surface area (Å²) in [7, 11) is 0. The summed E-state index contributed by atoms with van der Waals surface area (Å²) in [5.74, 6) is 0. The van der Waals surface area contributed by atoms with Crippen LogP contribution in [0.15, 0.2) is 97.1 Å². The molecule has 1 nitrogen and oxygen atoms in total. The summed E-state index contributed by atoms with van der Waals surface area (Å²) < 4.78 is 1.23. The highest BCUT2D eigenvalue weighted by Crippen LogP contribution is 2.30. The maximum Gasteiger partial charge on any atom is 0.0715 e. The van der Waals surface area contributed by atoms with Crippen LogP contribution in [0.4, 0.5) is 0 Å². The van der Waals surface area contributed by atoms with Gasteiger partial charge in [0.1, 0.15) is 0 Å². The first-order chi connectivity index (χ1) is 12.3. The number of rotatable bonds is 3. The van der Waals surface area contributed by atoms with Gasteiger partial charge in [-0.2, -0.15) is 0 Å². The summed E-state index contributed by atoms with van der Waals surface area (Å²) in [6.45, 7) is 0. The van der Waals surface area contributed by atoms with E-state index in [0.717, 1.165) is 22.5 Å². The molecule has 0 N–H and O–H groups in total. The molecule has 0 aliphatic heterocycles. The van der Waals surface area contributed by atoms with E-state index >= 15 is 0 Å². The van der Waals surface area contributed by atoms with Crippen LogP contribution in [0.3, 0.4) is 0 Å². The third-order valence-corrected chi connectivity index (χ3v) is 4.86. The predicted octanol–water partition coefficient (Wildman–Crippen LogP) is 6.69. The Morgan fingerprint density at radius 2 is 0.960 bits per heavy atom. The molecule has 2 heteroatoms. The SMILES string of the molecule is Ic1ccc(-c2cc(-c3ccccc3)cc(-c3ccccc3)n2)cc1. The van der Waals surface area contributed by atoms with Crippen molar-refractivity contribution in [2.75, 3.05) is 0 Å². The third kappa shape index (κ3) is 3.64. The van der Waals surface area contributed by atoms with E-state index in [1.54, 1.807) is 0 Å². The van der Waals surface area contributed by atoms with Crippen LogP contribution in [0.1, 0.15) is 0 Å². The summed E-state index contributed by atoms with van der Waals surface area (Å²) >= 11 is 2.33. The van der Waals surface area contributed by atoms with E-state index in [0.29, 0.717) is 0 Å². The van der Waals surface area contributed by atoms with Gasteiger partial charge in [0.15, 0.2) is 0 Å². The molecule has 1 heterocycles. The summed E-state index contributed by atoms with van der Waals surface area (Å²) in [6, 6.07) is 33.7. The quantitative estimate of drug-likeness (QED) is 0.328. The topological polar surface area (TPSA) is 12.9 Å². The van der Waals surface area contributed by atoms with Crippen molar-refractivity contribution >= 4 is 22.6 Å². The fourth-order valence-electron chi connectivity index (χ4n) is 2.85. The van der Waals surface area contributed by atoms with Crippen molar-refractivity contribution in [2.24, 2.45) is 0 Å². The largest absolute Gasteiger partial charge is 0.248 e. The Labute approximate surface area is 161 Å². The van der Waals surface area contributed by atoms with Crippen LogP contribution in [-0.2, 0) is 0 Å². The van der Waals surface area contributed by atoms with Gasteiger partial charge in [0.25, 0.3) is 0 Å². The van der Waals surface area contributed by atoms with E-state index in [-0.39, 0.29) is 0 Å². The van der Waals surface area contributed by atoms with Crippen LogP contribution in [0.25, 0.3) is 33.6 Å². The zero-order valence-corrected chi connectivity index (χ0v) is 15.7. The molecule has 4 rings (SSSR count). The molecule has 3 aromatic carbocycles. The van der Waals surface area contributed by atoms with Crippen LogP contribution in [0.5, 0.6) is 0 Å². The van der Waals surface area contributed by atoms with E-state index in [9.17, 15) is 0 Å². The predicted molar refractivity (Wildman–Crippen MR) is 113 cm³/mol. The van der Waals surface area contributed by atoms with Crippen molar-refractivity contribution in [1.82, 2.24) is 4.98 Å². The van der Waals surface area contributed by atoms with Gasteiger partial charge < -0.3 is 0 Å². The van der Waals surface area contributed by atoms with Gasteiger partial charge in [-0.05, 0) is 58.0 Å². The highest BCUT2D eigenvalue weighted by Gasteiger charge is 2.08. The standard InChI is InChI=1S/C23H16IN/c24-21-13-11-19(12-14-21)23-16-20(17-7-3-1-4-8-17)15-22(25-23)18-9-5-2-6-10-18/h1-16H. The van der Waals surface area contributed by atoms with E-state index in [4.69, 9.17) is 4.98 Å². The molecule has 0 aliphatic rings. The van der Waals surface area contributed by atoms with Gasteiger partial charge in [-0.25, -0.2) is 4.98 Å². The van der Waals surface area contributed by atoms with Crippen molar-refractivity contribution in [2.45, 2.75) is 0 Å². The van der Waals surface area contributed by atoms with E-state index in [1.165, 1.54) is 14.7 Å². The second-order valence-electron chi connectivity index (χ2n) is 5.87. The fraction of sp³-hybridized carbons (Fsp3) is 0. The minimum Gasteiger partial charge on any atom is -0.248 e. The molecule has 0 aliphatic carbocycles. The first kappa shape index (κ1) is 16.0. The lowest BCUT2D eigenvalue weighted by Gasteiger charge is -2.10. The summed E-state index contributed by atoms with van der Waals surface area (Å²) in [6.07, 6.45) is 0. The highest BCUT2D eigenvalue weighted by molar-refractivity contribution is 14.1. The molecule has 120 valence electrons. The smallest absolute Gasteiger partial charge is 0.0715 e. The van der Waals surface area contributed by atoms with Crippen LogP contribution >= 0.6 is 22.6 Å². The lowest BCUT2D eigenvalue weighted by Crippen LogP contribution is -1.91. The first-order valence-electron chi connectivity index (χ1n) is 8.18. The second kappa shape index (κ2) is 7.19. The summed E-state index contributed by atoms with van der Waals surface area (Å²) in [5.41, 5.74) is 6.64. The van der Waals surface area contributed by atoms with Crippen LogP contribution in [0, 0.1) is 3.57 Å². The van der Waals surface area contributed by atoms with E-state index in [2.05, 4.69) is 108 Å². The van der Waals surface area contributed by atoms with Crippen LogP contribution < -0.4 is 0 Å². The lowest BCUT2D eigenvalue weighted by atomic mass is 10.00. The van der Waals surface area contributed by atoms with Crippen LogP contribution in [-0.4, -0.2) is 4.98 Å². The Morgan fingerprint density at radius 3 is 1.52 bits per heavy atom. The number of nitrogens with zero attached hydrogens (tertiary/aromatic N) is 1. The Bertz CT molecular complexity index is 920. The van der Waals surface area contributed by atoms with Crippen molar-refractivity contribution < 1.29 is 0 Å². The second-order valence-corrected chi connectivity index (χ2v) is 7.11. The molecular weight excluding hydrogens is 417 g/mol. The van der Waals surface area contributed by atoms with Crippen molar-refractivity contribution in [3.8, 4) is 33.6 Å². The lowest BCUT2D eigenvalue weighted by molar-refractivity contribution is 1.32. The van der Waals surface area contributed by atoms with Crippen molar-refractivity contribution in [3.05, 3.63) is 101 Å². The molecule has 0 amide bonds. The highest BCUT2D eigenvalue weighted by atomic mass is 127. The van der Waals surface area contributed by atoms with Gasteiger partial charge >= 0.3 is 0 Å². The molecule has 0 saturated carbocycles. The third-order valence-electron chi connectivity index (χ3n) is 4.14. The number of halogens is 1. The molecule has 0 saturated heterocycles. The Morgan fingerprint density at radius 1 is 0.480 bits per heavy atom. The zero-order chi connectivity index (χ0) is 17.1. The molecule has 25 heavy (non-hydrogen) atoms. The number of hydrogen-bond acceptors (Lipinski definition) is 1. The van der Waals surface area contributed by atoms with E-state index in [1.807, 2.05) is 12.1 Å². The molecule has 0 radical (unpaired) electrons. The first-order valence-corrected chi connectivity index (χ1v) is 9.26. The fourth-order valence-corrected chi connectivity index (χ4v) is 3.21. The maximum atomic E-state index is 4.93. The van der Waals surface area contributed by atoms with Gasteiger partial charge in [0.2, 0.25) is 0 Å². The molecule has 0 unspecified atom stereocenters. The molecule has 4 aromatic rings. The number of aromatic nitrogens is 1. The minimum absolute atomic E-state index is 0.996. The molecule has 0 atom stereocenters. The normalized spacial score (nSPS) is 10.6. The number of pyridine rings is 1. The maximum absolute atomic E-state index is 4.93. The van der Waals surface area contributed by atoms with Gasteiger partial charge in [0, 0.05) is 14.7 Å². The van der Waals surface area contributed by atoms with Crippen LogP contribution in [0.2, 0.25) is 0 Å². The molecule has 0 spiro atoms.